The molecule has 1 amide bonds. The van der Waals surface area contributed by atoms with E-state index in [1.165, 1.54) is 16.7 Å². The van der Waals surface area contributed by atoms with Gasteiger partial charge in [0.2, 0.25) is 0 Å². The number of carboxylic acid groups (broad SMARTS) is 1. The van der Waals surface area contributed by atoms with Gasteiger partial charge in [-0.2, -0.15) is 13.2 Å². The van der Waals surface area contributed by atoms with E-state index in [-0.39, 0.29) is 0 Å². The minimum Gasteiger partial charge on any atom is -0.475 e. The smallest absolute Gasteiger partial charge is 0.475 e. The number of hydrogen-bond donors (Lipinski definition) is 3. The van der Waals surface area contributed by atoms with Gasteiger partial charge in [0, 0.05) is 23.3 Å². The van der Waals surface area contributed by atoms with Crippen molar-refractivity contribution in [2.75, 3.05) is 5.32 Å². The van der Waals surface area contributed by atoms with Gasteiger partial charge >= 0.3 is 12.1 Å². The fraction of sp³-hybridized carbons (Fsp3) is 0.227. The van der Waals surface area contributed by atoms with E-state index in [2.05, 4.69) is 42.3 Å². The second kappa shape index (κ2) is 9.46. The zero-order valence-electron chi connectivity index (χ0n) is 17.2. The molecule has 0 unspecified atom stereocenters. The average molecular weight is 433 g/mol. The third-order valence-electron chi connectivity index (χ3n) is 4.44. The molecule has 0 atom stereocenters. The van der Waals surface area contributed by atoms with Crippen molar-refractivity contribution in [3.63, 3.8) is 0 Å². The largest absolute Gasteiger partial charge is 0.490 e. The quantitative estimate of drug-likeness (QED) is 0.562. The highest BCUT2D eigenvalue weighted by Gasteiger charge is 2.38. The second-order valence-electron chi connectivity index (χ2n) is 6.96. The van der Waals surface area contributed by atoms with E-state index in [1.54, 1.807) is 6.07 Å². The predicted molar refractivity (Wildman–Crippen MR) is 112 cm³/mol. The van der Waals surface area contributed by atoms with Crippen molar-refractivity contribution < 1.29 is 27.9 Å². The third-order valence-corrected chi connectivity index (χ3v) is 4.44. The molecule has 2 aromatic carbocycles. The minimum absolute atomic E-state index is 0.450. The van der Waals surface area contributed by atoms with Gasteiger partial charge in [0.05, 0.1) is 11.1 Å². The molecule has 1 aromatic heterocycles. The second-order valence-corrected chi connectivity index (χ2v) is 6.96. The summed E-state index contributed by atoms with van der Waals surface area (Å²) in [5.41, 5.74) is 12.1. The Bertz CT molecular complexity index is 1130. The van der Waals surface area contributed by atoms with Gasteiger partial charge in [0.25, 0.3) is 5.91 Å². The molecule has 0 aliphatic carbocycles. The van der Waals surface area contributed by atoms with Crippen LogP contribution in [-0.4, -0.2) is 28.1 Å². The topological polar surface area (TPSA) is 105 Å². The fourth-order valence-electron chi connectivity index (χ4n) is 2.96. The van der Waals surface area contributed by atoms with Crippen LogP contribution in [0.15, 0.2) is 42.5 Å². The van der Waals surface area contributed by atoms with Crippen LogP contribution in [0.3, 0.4) is 0 Å². The number of primary amides is 1. The Hall–Kier alpha value is -3.62. The maximum absolute atomic E-state index is 11.7. The number of para-hydroxylation sites is 1. The number of carbonyl (C=O) groups excluding carboxylic acids is 1. The summed E-state index contributed by atoms with van der Waals surface area (Å²) in [6, 6.07) is 13.9. The first-order valence-electron chi connectivity index (χ1n) is 9.20. The van der Waals surface area contributed by atoms with Crippen LogP contribution in [0.4, 0.5) is 18.9 Å². The SMILES string of the molecule is Cc1ccc(CNc2cc(C)nc3c(C(N)=O)cccc23)c(C)c1.O=C(O)C(F)(F)F. The van der Waals surface area contributed by atoms with Crippen molar-refractivity contribution in [3.05, 3.63) is 70.4 Å². The predicted octanol–water partition coefficient (Wildman–Crippen LogP) is 4.50. The van der Waals surface area contributed by atoms with Gasteiger partial charge in [-0.05, 0) is 44.0 Å². The van der Waals surface area contributed by atoms with E-state index in [4.69, 9.17) is 15.6 Å². The summed E-state index contributed by atoms with van der Waals surface area (Å²) in [5.74, 6) is -3.22. The number of nitrogens with zero attached hydrogens (tertiary/aromatic N) is 1. The lowest BCUT2D eigenvalue weighted by Gasteiger charge is -2.14. The van der Waals surface area contributed by atoms with Crippen molar-refractivity contribution in [3.8, 4) is 0 Å². The lowest BCUT2D eigenvalue weighted by molar-refractivity contribution is -0.192. The Morgan fingerprint density at radius 2 is 1.74 bits per heavy atom. The monoisotopic (exact) mass is 433 g/mol. The summed E-state index contributed by atoms with van der Waals surface area (Å²) in [4.78, 5) is 25.1. The Labute approximate surface area is 176 Å². The van der Waals surface area contributed by atoms with Gasteiger partial charge in [-0.3, -0.25) is 9.78 Å². The number of benzene rings is 2. The molecule has 1 heterocycles. The summed E-state index contributed by atoms with van der Waals surface area (Å²) in [5, 5.41) is 11.5. The van der Waals surface area contributed by atoms with Crippen LogP contribution >= 0.6 is 0 Å². The van der Waals surface area contributed by atoms with E-state index in [9.17, 15) is 18.0 Å². The van der Waals surface area contributed by atoms with Crippen LogP contribution in [-0.2, 0) is 11.3 Å². The number of nitrogens with one attached hydrogen (secondary N) is 1. The molecule has 0 fully saturated rings. The highest BCUT2D eigenvalue weighted by molar-refractivity contribution is 6.07. The molecular formula is C22H22F3N3O3. The fourth-order valence-corrected chi connectivity index (χ4v) is 2.96. The number of aromatic nitrogens is 1. The number of anilines is 1. The molecule has 4 N–H and O–H groups in total. The van der Waals surface area contributed by atoms with Crippen molar-refractivity contribution >= 4 is 28.5 Å². The van der Waals surface area contributed by atoms with Crippen molar-refractivity contribution in [1.29, 1.82) is 0 Å². The van der Waals surface area contributed by atoms with Crippen molar-refractivity contribution in [1.82, 2.24) is 4.98 Å². The highest BCUT2D eigenvalue weighted by Crippen LogP contribution is 2.26. The first-order chi connectivity index (χ1) is 14.4. The molecule has 31 heavy (non-hydrogen) atoms. The van der Waals surface area contributed by atoms with Gasteiger partial charge in [-0.1, -0.05) is 35.9 Å². The molecule has 6 nitrogen and oxygen atoms in total. The summed E-state index contributed by atoms with van der Waals surface area (Å²) < 4.78 is 31.7. The minimum atomic E-state index is -5.08. The Kier molecular flexibility index (Phi) is 7.22. The zero-order chi connectivity index (χ0) is 23.3. The number of aliphatic carboxylic acids is 1. The Morgan fingerprint density at radius 3 is 2.29 bits per heavy atom. The summed E-state index contributed by atoms with van der Waals surface area (Å²) in [6.45, 7) is 6.84. The summed E-state index contributed by atoms with van der Waals surface area (Å²) in [7, 11) is 0. The van der Waals surface area contributed by atoms with E-state index in [1.807, 2.05) is 25.1 Å². The molecule has 3 rings (SSSR count). The maximum Gasteiger partial charge on any atom is 0.490 e. The van der Waals surface area contributed by atoms with E-state index in [0.717, 1.165) is 16.8 Å². The molecule has 0 aliphatic rings. The third kappa shape index (κ3) is 6.18. The van der Waals surface area contributed by atoms with Gasteiger partial charge in [0.15, 0.2) is 0 Å². The molecule has 0 saturated carbocycles. The summed E-state index contributed by atoms with van der Waals surface area (Å²) in [6.07, 6.45) is -5.08. The molecule has 3 aromatic rings. The molecule has 0 spiro atoms. The van der Waals surface area contributed by atoms with Gasteiger partial charge in [0.1, 0.15) is 0 Å². The summed E-state index contributed by atoms with van der Waals surface area (Å²) >= 11 is 0. The average Bonchev–Trinajstić information content (AvgIpc) is 2.66. The van der Waals surface area contributed by atoms with Gasteiger partial charge in [-0.15, -0.1) is 0 Å². The lowest BCUT2D eigenvalue weighted by atomic mass is 10.0. The Morgan fingerprint density at radius 1 is 1.10 bits per heavy atom. The number of hydrogen-bond acceptors (Lipinski definition) is 4. The van der Waals surface area contributed by atoms with E-state index < -0.39 is 18.1 Å². The van der Waals surface area contributed by atoms with Crippen molar-refractivity contribution in [2.45, 2.75) is 33.5 Å². The van der Waals surface area contributed by atoms with Gasteiger partial charge in [-0.25, -0.2) is 4.79 Å². The number of rotatable bonds is 4. The molecular weight excluding hydrogens is 411 g/mol. The molecule has 9 heteroatoms. The number of carboxylic acids is 1. The number of halogens is 3. The van der Waals surface area contributed by atoms with Crippen LogP contribution in [0, 0.1) is 20.8 Å². The molecule has 164 valence electrons. The number of carbonyl (C=O) groups is 2. The number of alkyl halides is 3. The highest BCUT2D eigenvalue weighted by atomic mass is 19.4. The van der Waals surface area contributed by atoms with E-state index in [0.29, 0.717) is 17.6 Å². The number of pyridine rings is 1. The molecule has 0 saturated heterocycles. The van der Waals surface area contributed by atoms with Crippen LogP contribution in [0.1, 0.15) is 32.7 Å². The van der Waals surface area contributed by atoms with Gasteiger partial charge < -0.3 is 16.2 Å². The van der Waals surface area contributed by atoms with Crippen LogP contribution in [0.25, 0.3) is 10.9 Å². The number of aryl methyl sites for hydroxylation is 3. The first-order valence-corrected chi connectivity index (χ1v) is 9.20. The molecule has 0 aliphatic heterocycles. The Balaban J connectivity index is 0.000000423. The normalized spacial score (nSPS) is 10.9. The van der Waals surface area contributed by atoms with Crippen molar-refractivity contribution in [2.24, 2.45) is 5.73 Å². The number of fused-ring (bicyclic) bond motifs is 1. The van der Waals surface area contributed by atoms with E-state index >= 15 is 0 Å². The van der Waals surface area contributed by atoms with Crippen LogP contribution < -0.4 is 11.1 Å². The lowest BCUT2D eigenvalue weighted by Crippen LogP contribution is -2.21. The standard InChI is InChI=1S/C20H21N3O.C2HF3O2/c1-12-7-8-15(13(2)9-12)11-22-18-10-14(3)23-19-16(18)5-4-6-17(19)20(21)24;3-2(4,5)1(6)7/h4-10H,11H2,1-3H3,(H2,21,24)(H,22,23);(H,6,7). The maximum atomic E-state index is 11.7. The number of amides is 1. The zero-order valence-corrected chi connectivity index (χ0v) is 17.2. The molecule has 0 radical (unpaired) electrons. The number of nitrogens with two attached hydrogens (primary N) is 1. The van der Waals surface area contributed by atoms with Crippen LogP contribution in [0.5, 0.6) is 0 Å². The van der Waals surface area contributed by atoms with Crippen LogP contribution in [0.2, 0.25) is 0 Å². The molecule has 0 bridgehead atoms. The first kappa shape index (κ1) is 23.7.